The topological polar surface area (TPSA) is 41.1 Å². The third-order valence-electron chi connectivity index (χ3n) is 1.75. The van der Waals surface area contributed by atoms with Crippen LogP contribution in [0, 0.1) is 11.6 Å². The number of anilines is 1. The highest BCUT2D eigenvalue weighted by molar-refractivity contribution is 5.89. The molecule has 0 atom stereocenters. The predicted octanol–water partition coefficient (Wildman–Crippen LogP) is 3.01. The fourth-order valence-corrected chi connectivity index (χ4v) is 1.00. The molecule has 0 aromatic heterocycles. The van der Waals surface area contributed by atoms with E-state index in [2.05, 4.69) is 10.6 Å². The van der Waals surface area contributed by atoms with Crippen molar-refractivity contribution in [2.75, 3.05) is 5.32 Å². The van der Waals surface area contributed by atoms with Gasteiger partial charge in [-0.2, -0.15) is 0 Å². The maximum absolute atomic E-state index is 13.1. The molecular formula is C11H12F2N2O. The van der Waals surface area contributed by atoms with Crippen molar-refractivity contribution in [2.45, 2.75) is 13.3 Å². The van der Waals surface area contributed by atoms with E-state index in [0.29, 0.717) is 6.07 Å². The Morgan fingerprint density at radius 3 is 2.81 bits per heavy atom. The first-order chi connectivity index (χ1) is 7.63. The molecule has 0 heterocycles. The molecule has 0 radical (unpaired) electrons. The number of halogens is 2. The highest BCUT2D eigenvalue weighted by Gasteiger charge is 2.06. The Bertz CT molecular complexity index is 405. The molecular weight excluding hydrogens is 214 g/mol. The van der Waals surface area contributed by atoms with E-state index in [1.807, 2.05) is 6.92 Å². The number of amides is 2. The predicted molar refractivity (Wildman–Crippen MR) is 57.9 cm³/mol. The summed E-state index contributed by atoms with van der Waals surface area (Å²) in [6.07, 6.45) is 3.97. The van der Waals surface area contributed by atoms with E-state index in [1.165, 1.54) is 6.20 Å². The Labute approximate surface area is 92.2 Å². The lowest BCUT2D eigenvalue weighted by atomic mass is 10.3. The lowest BCUT2D eigenvalue weighted by Crippen LogP contribution is -2.24. The fraction of sp³-hybridized carbons (Fsp3) is 0.182. The van der Waals surface area contributed by atoms with Gasteiger partial charge in [-0.25, -0.2) is 13.6 Å². The zero-order chi connectivity index (χ0) is 12.0. The highest BCUT2D eigenvalue weighted by Crippen LogP contribution is 2.14. The molecule has 2 amide bonds. The smallest absolute Gasteiger partial charge is 0.315 e. The average Bonchev–Trinajstić information content (AvgIpc) is 2.23. The zero-order valence-corrected chi connectivity index (χ0v) is 8.76. The summed E-state index contributed by atoms with van der Waals surface area (Å²) in [5.74, 6) is -1.50. The maximum atomic E-state index is 13.1. The average molecular weight is 226 g/mol. The van der Waals surface area contributed by atoms with Gasteiger partial charge in [-0.3, -0.25) is 0 Å². The molecule has 3 nitrogen and oxygen atoms in total. The van der Waals surface area contributed by atoms with E-state index in [4.69, 9.17) is 0 Å². The third-order valence-corrected chi connectivity index (χ3v) is 1.75. The minimum atomic E-state index is -0.811. The number of rotatable bonds is 3. The molecule has 5 heteroatoms. The van der Waals surface area contributed by atoms with Crippen molar-refractivity contribution in [1.29, 1.82) is 0 Å². The van der Waals surface area contributed by atoms with Gasteiger partial charge in [-0.15, -0.1) is 0 Å². The van der Waals surface area contributed by atoms with Gasteiger partial charge >= 0.3 is 6.03 Å². The van der Waals surface area contributed by atoms with Crippen LogP contribution in [0.3, 0.4) is 0 Å². The van der Waals surface area contributed by atoms with E-state index in [0.717, 1.165) is 18.6 Å². The number of urea groups is 1. The Kier molecular flexibility index (Phi) is 4.44. The van der Waals surface area contributed by atoms with Gasteiger partial charge in [0.15, 0.2) is 0 Å². The van der Waals surface area contributed by atoms with Crippen LogP contribution in [0.4, 0.5) is 19.3 Å². The number of hydrogen-bond acceptors (Lipinski definition) is 1. The van der Waals surface area contributed by atoms with Gasteiger partial charge in [0.1, 0.15) is 11.6 Å². The minimum Gasteiger partial charge on any atom is -0.315 e. The number of hydrogen-bond donors (Lipinski definition) is 2. The molecule has 0 spiro atoms. The summed E-state index contributed by atoms with van der Waals surface area (Å²) in [7, 11) is 0. The Morgan fingerprint density at radius 2 is 2.19 bits per heavy atom. The maximum Gasteiger partial charge on any atom is 0.323 e. The van der Waals surface area contributed by atoms with Crippen LogP contribution in [0.2, 0.25) is 0 Å². The molecule has 0 bridgehead atoms. The number of benzene rings is 1. The molecule has 1 aromatic carbocycles. The third kappa shape index (κ3) is 3.68. The van der Waals surface area contributed by atoms with Crippen molar-refractivity contribution < 1.29 is 13.6 Å². The summed E-state index contributed by atoms with van der Waals surface area (Å²) in [6.45, 7) is 1.91. The second-order valence-electron chi connectivity index (χ2n) is 3.03. The van der Waals surface area contributed by atoms with E-state index in [9.17, 15) is 13.6 Å². The summed E-state index contributed by atoms with van der Waals surface area (Å²) in [6, 6.07) is 2.36. The zero-order valence-electron chi connectivity index (χ0n) is 8.76. The van der Waals surface area contributed by atoms with E-state index in [-0.39, 0.29) is 5.69 Å². The second-order valence-corrected chi connectivity index (χ2v) is 3.03. The van der Waals surface area contributed by atoms with E-state index >= 15 is 0 Å². The lowest BCUT2D eigenvalue weighted by Gasteiger charge is -2.05. The molecule has 0 aliphatic heterocycles. The van der Waals surface area contributed by atoms with Crippen LogP contribution in [-0.2, 0) is 0 Å². The number of carbonyl (C=O) groups is 1. The number of carbonyl (C=O) groups excluding carboxylic acids is 1. The van der Waals surface area contributed by atoms with Gasteiger partial charge in [0.25, 0.3) is 0 Å². The first kappa shape index (κ1) is 12.2. The van der Waals surface area contributed by atoms with Crippen molar-refractivity contribution in [3.63, 3.8) is 0 Å². The van der Waals surface area contributed by atoms with Gasteiger partial charge in [0.05, 0.1) is 5.69 Å². The normalized spacial score (nSPS) is 10.4. The van der Waals surface area contributed by atoms with Crippen LogP contribution < -0.4 is 10.6 Å². The lowest BCUT2D eigenvalue weighted by molar-refractivity contribution is 0.255. The summed E-state index contributed by atoms with van der Waals surface area (Å²) in [4.78, 5) is 11.2. The molecule has 86 valence electrons. The molecule has 0 fully saturated rings. The van der Waals surface area contributed by atoms with Gasteiger partial charge < -0.3 is 10.6 Å². The summed E-state index contributed by atoms with van der Waals surface area (Å²) in [5, 5.41) is 4.64. The van der Waals surface area contributed by atoms with Crippen LogP contribution in [0.1, 0.15) is 13.3 Å². The number of nitrogens with one attached hydrogen (secondary N) is 2. The fourth-order valence-electron chi connectivity index (χ4n) is 1.00. The molecule has 2 N–H and O–H groups in total. The molecule has 1 aromatic rings. The molecule has 0 saturated carbocycles. The Balaban J connectivity index is 2.59. The first-order valence-electron chi connectivity index (χ1n) is 4.81. The Morgan fingerprint density at radius 1 is 1.44 bits per heavy atom. The van der Waals surface area contributed by atoms with Gasteiger partial charge in [0.2, 0.25) is 0 Å². The van der Waals surface area contributed by atoms with Crippen molar-refractivity contribution >= 4 is 11.7 Å². The van der Waals surface area contributed by atoms with Crippen LogP contribution in [0.15, 0.2) is 30.5 Å². The van der Waals surface area contributed by atoms with Crippen molar-refractivity contribution in [1.82, 2.24) is 5.32 Å². The van der Waals surface area contributed by atoms with Crippen LogP contribution in [0.25, 0.3) is 0 Å². The molecule has 16 heavy (non-hydrogen) atoms. The number of allylic oxidation sites excluding steroid dienone is 1. The van der Waals surface area contributed by atoms with Crippen LogP contribution >= 0.6 is 0 Å². The standard InChI is InChI=1S/C11H12F2N2O/c1-2-3-6-14-11(16)15-10-5-4-8(12)7-9(10)13/h3-7H,2H2,1H3,(H2,14,15,16)/b6-3+. The largest absolute Gasteiger partial charge is 0.323 e. The monoisotopic (exact) mass is 226 g/mol. The minimum absolute atomic E-state index is 0.0659. The SMILES string of the molecule is CC/C=C/NC(=O)Nc1ccc(F)cc1F. The van der Waals surface area contributed by atoms with Crippen molar-refractivity contribution in [2.24, 2.45) is 0 Å². The van der Waals surface area contributed by atoms with Gasteiger partial charge in [-0.1, -0.05) is 13.0 Å². The summed E-state index contributed by atoms with van der Waals surface area (Å²) in [5.41, 5.74) is -0.0659. The molecule has 0 aliphatic carbocycles. The van der Waals surface area contributed by atoms with Crippen LogP contribution in [0.5, 0.6) is 0 Å². The van der Waals surface area contributed by atoms with E-state index < -0.39 is 17.7 Å². The summed E-state index contributed by atoms with van der Waals surface area (Å²) < 4.78 is 25.7. The second kappa shape index (κ2) is 5.85. The molecule has 0 unspecified atom stereocenters. The quantitative estimate of drug-likeness (QED) is 0.817. The first-order valence-corrected chi connectivity index (χ1v) is 4.81. The highest BCUT2D eigenvalue weighted by atomic mass is 19.1. The van der Waals surface area contributed by atoms with Crippen LogP contribution in [-0.4, -0.2) is 6.03 Å². The van der Waals surface area contributed by atoms with Gasteiger partial charge in [-0.05, 0) is 18.6 Å². The van der Waals surface area contributed by atoms with E-state index in [1.54, 1.807) is 6.08 Å². The molecule has 0 saturated heterocycles. The Hall–Kier alpha value is -1.91. The van der Waals surface area contributed by atoms with Gasteiger partial charge in [0, 0.05) is 12.3 Å². The molecule has 0 aliphatic rings. The van der Waals surface area contributed by atoms with Crippen molar-refractivity contribution in [3.05, 3.63) is 42.1 Å². The van der Waals surface area contributed by atoms with Crippen molar-refractivity contribution in [3.8, 4) is 0 Å². The molecule has 1 rings (SSSR count). The summed E-state index contributed by atoms with van der Waals surface area (Å²) >= 11 is 0.